The summed E-state index contributed by atoms with van der Waals surface area (Å²) in [5.41, 5.74) is 0.149. The van der Waals surface area contributed by atoms with Crippen molar-refractivity contribution in [3.63, 3.8) is 0 Å². The fourth-order valence-corrected chi connectivity index (χ4v) is 2.35. The van der Waals surface area contributed by atoms with Crippen molar-refractivity contribution < 1.29 is 19.4 Å². The molecule has 1 aromatic heterocycles. The zero-order chi connectivity index (χ0) is 13.5. The Kier molecular flexibility index (Phi) is 5.80. The predicted octanol–water partition coefficient (Wildman–Crippen LogP) is 2.51. The number of rotatable bonds is 7. The number of carbonyl (C=O) groups excluding carboxylic acids is 1. The van der Waals surface area contributed by atoms with Crippen molar-refractivity contribution in [3.8, 4) is 0 Å². The van der Waals surface area contributed by atoms with Crippen LogP contribution in [0.25, 0.3) is 0 Å². The molecule has 6 heteroatoms. The van der Waals surface area contributed by atoms with Crippen molar-refractivity contribution in [3.05, 3.63) is 16.5 Å². The molecule has 2 N–H and O–H groups in total. The lowest BCUT2D eigenvalue weighted by molar-refractivity contribution is -0.116. The Labute approximate surface area is 110 Å². The third-order valence-corrected chi connectivity index (χ3v) is 3.20. The Balaban J connectivity index is 2.51. The molecule has 0 aliphatic heterocycles. The van der Waals surface area contributed by atoms with E-state index in [2.05, 4.69) is 5.32 Å². The van der Waals surface area contributed by atoms with Crippen LogP contribution in [0.1, 0.15) is 35.0 Å². The topological polar surface area (TPSA) is 75.6 Å². The lowest BCUT2D eigenvalue weighted by Crippen LogP contribution is -2.13. The molecule has 5 nitrogen and oxygen atoms in total. The highest BCUT2D eigenvalue weighted by molar-refractivity contribution is 7.16. The minimum atomic E-state index is -1.02. The second-order valence-corrected chi connectivity index (χ2v) is 5.01. The Bertz CT molecular complexity index is 428. The van der Waals surface area contributed by atoms with Crippen molar-refractivity contribution in [1.82, 2.24) is 0 Å². The minimum absolute atomic E-state index is 0.149. The maximum absolute atomic E-state index is 11.6. The molecule has 18 heavy (non-hydrogen) atoms. The minimum Gasteiger partial charge on any atom is -0.478 e. The first-order valence-electron chi connectivity index (χ1n) is 5.76. The lowest BCUT2D eigenvalue weighted by atomic mass is 10.2. The summed E-state index contributed by atoms with van der Waals surface area (Å²) in [5.74, 6) is -1.21. The van der Waals surface area contributed by atoms with Crippen LogP contribution in [0.15, 0.2) is 6.07 Å². The third-order valence-electron chi connectivity index (χ3n) is 2.24. The molecule has 1 rings (SSSR count). The Morgan fingerprint density at radius 1 is 1.50 bits per heavy atom. The number of carboxylic acids is 1. The molecule has 0 saturated carbocycles. The number of hydrogen-bond donors (Lipinski definition) is 2. The van der Waals surface area contributed by atoms with Crippen molar-refractivity contribution in [2.75, 3.05) is 18.5 Å². The molecule has 100 valence electrons. The third kappa shape index (κ3) is 4.46. The zero-order valence-electron chi connectivity index (χ0n) is 10.5. The van der Waals surface area contributed by atoms with E-state index in [0.717, 1.165) is 4.88 Å². The summed E-state index contributed by atoms with van der Waals surface area (Å²) in [5, 5.41) is 12.0. The first kappa shape index (κ1) is 14.7. The highest BCUT2D eigenvalue weighted by Crippen LogP contribution is 2.27. The molecule has 0 spiro atoms. The number of hydrogen-bond acceptors (Lipinski definition) is 4. The first-order chi connectivity index (χ1) is 8.54. The summed E-state index contributed by atoms with van der Waals surface area (Å²) >= 11 is 1.27. The van der Waals surface area contributed by atoms with Crippen LogP contribution in [0.2, 0.25) is 0 Å². The highest BCUT2D eigenvalue weighted by Gasteiger charge is 2.15. The van der Waals surface area contributed by atoms with E-state index < -0.39 is 5.97 Å². The fraction of sp³-hybridized carbons (Fsp3) is 0.500. The molecular weight excluding hydrogens is 254 g/mol. The van der Waals surface area contributed by atoms with Crippen LogP contribution in [0, 0.1) is 6.92 Å². The standard InChI is InChI=1S/C12H17NO4S/c1-3-17-6-4-5-10(14)13-11-9(12(15)16)7-8(2)18-11/h7H,3-6H2,1-2H3,(H,13,14)(H,15,16). The van der Waals surface area contributed by atoms with Crippen LogP contribution in [0.5, 0.6) is 0 Å². The SMILES string of the molecule is CCOCCCC(=O)Nc1sc(C)cc1C(=O)O. The number of aryl methyl sites for hydroxylation is 1. The normalized spacial score (nSPS) is 10.3. The number of amides is 1. The molecule has 0 aliphatic carbocycles. The van der Waals surface area contributed by atoms with Gasteiger partial charge < -0.3 is 15.2 Å². The lowest BCUT2D eigenvalue weighted by Gasteiger charge is -2.04. The van der Waals surface area contributed by atoms with Gasteiger partial charge in [0.1, 0.15) is 5.00 Å². The van der Waals surface area contributed by atoms with Gasteiger partial charge >= 0.3 is 5.97 Å². The molecule has 1 amide bonds. The van der Waals surface area contributed by atoms with Gasteiger partial charge in [0, 0.05) is 24.5 Å². The van der Waals surface area contributed by atoms with Crippen LogP contribution >= 0.6 is 11.3 Å². The number of thiophene rings is 1. The second-order valence-electron chi connectivity index (χ2n) is 3.75. The van der Waals surface area contributed by atoms with Crippen LogP contribution in [-0.4, -0.2) is 30.2 Å². The Morgan fingerprint density at radius 3 is 2.83 bits per heavy atom. The highest BCUT2D eigenvalue weighted by atomic mass is 32.1. The van der Waals surface area contributed by atoms with Gasteiger partial charge in [-0.3, -0.25) is 4.79 Å². The van der Waals surface area contributed by atoms with Gasteiger partial charge in [-0.2, -0.15) is 0 Å². The average molecular weight is 271 g/mol. The van der Waals surface area contributed by atoms with Crippen molar-refractivity contribution in [2.45, 2.75) is 26.7 Å². The van der Waals surface area contributed by atoms with Crippen molar-refractivity contribution >= 4 is 28.2 Å². The van der Waals surface area contributed by atoms with Crippen LogP contribution < -0.4 is 5.32 Å². The molecule has 0 saturated heterocycles. The van der Waals surface area contributed by atoms with Gasteiger partial charge in [-0.1, -0.05) is 0 Å². The average Bonchev–Trinajstić information content (AvgIpc) is 2.66. The van der Waals surface area contributed by atoms with Crippen LogP contribution in [0.3, 0.4) is 0 Å². The summed E-state index contributed by atoms with van der Waals surface area (Å²) < 4.78 is 5.13. The molecule has 0 unspecified atom stereocenters. The molecule has 0 fully saturated rings. The zero-order valence-corrected chi connectivity index (χ0v) is 11.3. The van der Waals surface area contributed by atoms with Gasteiger partial charge in [-0.25, -0.2) is 4.79 Å². The monoisotopic (exact) mass is 271 g/mol. The molecule has 0 aliphatic rings. The largest absolute Gasteiger partial charge is 0.478 e. The first-order valence-corrected chi connectivity index (χ1v) is 6.57. The van der Waals surface area contributed by atoms with E-state index >= 15 is 0 Å². The number of nitrogens with one attached hydrogen (secondary N) is 1. The van der Waals surface area contributed by atoms with Crippen molar-refractivity contribution in [2.24, 2.45) is 0 Å². The fourth-order valence-electron chi connectivity index (χ4n) is 1.43. The molecule has 1 heterocycles. The second kappa shape index (κ2) is 7.13. The van der Waals surface area contributed by atoms with Gasteiger partial charge in [-0.15, -0.1) is 11.3 Å². The number of ether oxygens (including phenoxy) is 1. The molecule has 1 aromatic rings. The summed E-state index contributed by atoms with van der Waals surface area (Å²) in [6.07, 6.45) is 0.961. The Morgan fingerprint density at radius 2 is 2.22 bits per heavy atom. The molecule has 0 bridgehead atoms. The van der Waals surface area contributed by atoms with E-state index in [9.17, 15) is 9.59 Å². The van der Waals surface area contributed by atoms with Gasteiger partial charge in [0.25, 0.3) is 0 Å². The number of carbonyl (C=O) groups is 2. The quantitative estimate of drug-likeness (QED) is 0.747. The van der Waals surface area contributed by atoms with Gasteiger partial charge in [0.05, 0.1) is 5.56 Å². The van der Waals surface area contributed by atoms with E-state index in [0.29, 0.717) is 31.1 Å². The van der Waals surface area contributed by atoms with E-state index in [1.807, 2.05) is 13.8 Å². The molecule has 0 atom stereocenters. The summed E-state index contributed by atoms with van der Waals surface area (Å²) in [7, 11) is 0. The predicted molar refractivity (Wildman–Crippen MR) is 70.4 cm³/mol. The summed E-state index contributed by atoms with van der Waals surface area (Å²) in [6.45, 7) is 4.88. The number of aromatic carboxylic acids is 1. The van der Waals surface area contributed by atoms with E-state index in [-0.39, 0.29) is 11.5 Å². The van der Waals surface area contributed by atoms with Gasteiger partial charge in [0.2, 0.25) is 5.91 Å². The summed E-state index contributed by atoms with van der Waals surface area (Å²) in [6, 6.07) is 1.56. The van der Waals surface area contributed by atoms with Gasteiger partial charge in [-0.05, 0) is 26.3 Å². The number of carboxylic acid groups (broad SMARTS) is 1. The van der Waals surface area contributed by atoms with Crippen LogP contribution in [-0.2, 0) is 9.53 Å². The van der Waals surface area contributed by atoms with Gasteiger partial charge in [0.15, 0.2) is 0 Å². The number of anilines is 1. The molecular formula is C12H17NO4S. The Hall–Kier alpha value is -1.40. The van der Waals surface area contributed by atoms with Crippen LogP contribution in [0.4, 0.5) is 5.00 Å². The van der Waals surface area contributed by atoms with E-state index in [1.165, 1.54) is 11.3 Å². The molecule has 0 aromatic carbocycles. The van der Waals surface area contributed by atoms with Crippen molar-refractivity contribution in [1.29, 1.82) is 0 Å². The smallest absolute Gasteiger partial charge is 0.338 e. The van der Waals surface area contributed by atoms with E-state index in [4.69, 9.17) is 9.84 Å². The maximum Gasteiger partial charge on any atom is 0.338 e. The van der Waals surface area contributed by atoms with E-state index in [1.54, 1.807) is 6.07 Å². The summed E-state index contributed by atoms with van der Waals surface area (Å²) in [4.78, 5) is 23.4. The molecule has 0 radical (unpaired) electrons. The maximum atomic E-state index is 11.6.